The molecule has 0 aromatic heterocycles. The van der Waals surface area contributed by atoms with Crippen LogP contribution in [0.1, 0.15) is 15.9 Å². The van der Waals surface area contributed by atoms with Gasteiger partial charge in [-0.2, -0.15) is 0 Å². The summed E-state index contributed by atoms with van der Waals surface area (Å²) in [6, 6.07) is 3.59. The highest BCUT2D eigenvalue weighted by Crippen LogP contribution is 2.43. The number of hydrogen-bond donors (Lipinski definition) is 3. The van der Waals surface area contributed by atoms with Gasteiger partial charge in [-0.05, 0) is 6.07 Å². The van der Waals surface area contributed by atoms with Crippen LogP contribution >= 0.6 is 11.6 Å². The van der Waals surface area contributed by atoms with E-state index in [1.807, 2.05) is 0 Å². The molecule has 0 fully saturated rings. The van der Waals surface area contributed by atoms with Crippen LogP contribution in [0.25, 0.3) is 0 Å². The second kappa shape index (κ2) is 9.74. The number of ether oxygens (including phenoxy) is 4. The molecular weight excluding hydrogens is 406 g/mol. The number of esters is 1. The number of carbonyl (C=O) groups excluding carboxylic acids is 2. The van der Waals surface area contributed by atoms with E-state index in [-0.39, 0.29) is 29.4 Å². The van der Waals surface area contributed by atoms with E-state index in [0.717, 1.165) is 12.1 Å². The molecule has 0 aliphatic carbocycles. The predicted octanol–water partition coefficient (Wildman–Crippen LogP) is 2.74. The van der Waals surface area contributed by atoms with Gasteiger partial charge in [-0.15, -0.1) is 0 Å². The first-order valence-electron chi connectivity index (χ1n) is 8.28. The van der Waals surface area contributed by atoms with Gasteiger partial charge in [0.25, 0.3) is 0 Å². The Hall–Kier alpha value is -3.33. The number of anilines is 1. The molecule has 2 aromatic carbocycles. The molecule has 29 heavy (non-hydrogen) atoms. The highest BCUT2D eigenvalue weighted by Gasteiger charge is 2.22. The molecule has 9 nitrogen and oxygen atoms in total. The van der Waals surface area contributed by atoms with Crippen molar-refractivity contribution in [2.24, 2.45) is 0 Å². The second-order valence-corrected chi connectivity index (χ2v) is 6.05. The average Bonchev–Trinajstić information content (AvgIpc) is 2.70. The van der Waals surface area contributed by atoms with Gasteiger partial charge in [0.15, 0.2) is 11.5 Å². The molecule has 0 aliphatic rings. The third-order valence-corrected chi connectivity index (χ3v) is 4.31. The van der Waals surface area contributed by atoms with Crippen molar-refractivity contribution in [1.82, 2.24) is 0 Å². The first-order valence-corrected chi connectivity index (χ1v) is 8.66. The lowest BCUT2D eigenvalue weighted by Gasteiger charge is -2.19. The van der Waals surface area contributed by atoms with Crippen LogP contribution in [0.4, 0.5) is 5.69 Å². The Bertz CT molecular complexity index is 916. The van der Waals surface area contributed by atoms with E-state index >= 15 is 0 Å². The molecule has 0 atom stereocenters. The van der Waals surface area contributed by atoms with Crippen molar-refractivity contribution in [2.45, 2.75) is 6.42 Å². The molecule has 0 bridgehead atoms. The predicted molar refractivity (Wildman–Crippen MR) is 105 cm³/mol. The van der Waals surface area contributed by atoms with Gasteiger partial charge in [-0.3, -0.25) is 4.79 Å². The summed E-state index contributed by atoms with van der Waals surface area (Å²) in [6.07, 6.45) is 0.639. The van der Waals surface area contributed by atoms with Crippen molar-refractivity contribution in [1.29, 1.82) is 0 Å². The fraction of sp³-hybridized carbons (Fsp3) is 0.263. The summed E-state index contributed by atoms with van der Waals surface area (Å²) >= 11 is 5.77. The van der Waals surface area contributed by atoms with Crippen LogP contribution in [0, 0.1) is 0 Å². The minimum atomic E-state index is -0.837. The number of carbonyl (C=O) groups is 2. The Morgan fingerprint density at radius 1 is 1.07 bits per heavy atom. The molecule has 3 N–H and O–H groups in total. The van der Waals surface area contributed by atoms with Crippen LogP contribution in [-0.2, 0) is 16.0 Å². The van der Waals surface area contributed by atoms with Crippen LogP contribution in [0.15, 0.2) is 18.2 Å². The number of aromatic hydroxyl groups is 2. The Morgan fingerprint density at radius 2 is 1.76 bits per heavy atom. The Kier molecular flexibility index (Phi) is 7.38. The molecular formula is C19H20ClNO8. The van der Waals surface area contributed by atoms with Crippen LogP contribution in [0.5, 0.6) is 28.7 Å². The van der Waals surface area contributed by atoms with Crippen LogP contribution < -0.4 is 19.5 Å². The number of halogens is 1. The molecule has 156 valence electrons. The number of amides is 1. The summed E-state index contributed by atoms with van der Waals surface area (Å²) in [5.41, 5.74) is 0.657. The maximum Gasteiger partial charge on any atom is 0.341 e. The van der Waals surface area contributed by atoms with Gasteiger partial charge in [-0.25, -0.2) is 4.79 Å². The molecule has 0 saturated carbocycles. The third-order valence-electron chi connectivity index (χ3n) is 4.00. The molecule has 0 saturated heterocycles. The maximum atomic E-state index is 12.3. The van der Waals surface area contributed by atoms with Crippen LogP contribution in [-0.4, -0.2) is 50.5 Å². The first-order chi connectivity index (χ1) is 13.9. The molecule has 0 heterocycles. The molecule has 1 amide bonds. The number of phenols is 2. The monoisotopic (exact) mass is 425 g/mol. The van der Waals surface area contributed by atoms with Crippen molar-refractivity contribution < 1.29 is 38.7 Å². The first kappa shape index (κ1) is 22.0. The summed E-state index contributed by atoms with van der Waals surface area (Å²) in [7, 11) is 4.30. The van der Waals surface area contributed by atoms with Crippen LogP contribution in [0.2, 0.25) is 5.02 Å². The highest BCUT2D eigenvalue weighted by molar-refractivity contribution is 6.32. The summed E-state index contributed by atoms with van der Waals surface area (Å²) in [6.45, 7) is -0.114. The van der Waals surface area contributed by atoms with E-state index in [9.17, 15) is 19.8 Å². The highest BCUT2D eigenvalue weighted by atomic mass is 35.5. The van der Waals surface area contributed by atoms with E-state index in [0.29, 0.717) is 34.9 Å². The Labute approximate surface area is 171 Å². The zero-order valence-electron chi connectivity index (χ0n) is 15.9. The number of benzene rings is 2. The van der Waals surface area contributed by atoms with E-state index in [4.69, 9.17) is 30.5 Å². The van der Waals surface area contributed by atoms with Crippen molar-refractivity contribution in [3.63, 3.8) is 0 Å². The normalized spacial score (nSPS) is 10.2. The molecule has 2 rings (SSSR count). The largest absolute Gasteiger partial charge is 0.507 e. The van der Waals surface area contributed by atoms with Gasteiger partial charge in [-0.1, -0.05) is 11.6 Å². The van der Waals surface area contributed by atoms with Crippen molar-refractivity contribution in [3.05, 3.63) is 34.3 Å². The fourth-order valence-corrected chi connectivity index (χ4v) is 2.88. The number of hydrogen-bond acceptors (Lipinski definition) is 8. The fourth-order valence-electron chi connectivity index (χ4n) is 2.72. The zero-order valence-corrected chi connectivity index (χ0v) is 16.7. The quantitative estimate of drug-likeness (QED) is 0.414. The standard InChI is InChI=1S/C19H20ClNO8/c1-26-16-7-13(21-9-22)17(27-2)10(18(16)28-3)4-5-29-19(25)11-6-12(20)15(24)8-14(11)23/h6-9,23-24H,4-5H2,1-3H3,(H,21,22). The third kappa shape index (κ3) is 4.75. The van der Waals surface area contributed by atoms with Crippen LogP contribution in [0.3, 0.4) is 0 Å². The Balaban J connectivity index is 2.27. The zero-order chi connectivity index (χ0) is 21.6. The van der Waals surface area contributed by atoms with Gasteiger partial charge in [0, 0.05) is 24.1 Å². The van der Waals surface area contributed by atoms with Gasteiger partial charge < -0.3 is 34.5 Å². The molecule has 10 heteroatoms. The van der Waals surface area contributed by atoms with E-state index in [2.05, 4.69) is 5.32 Å². The number of methoxy groups -OCH3 is 3. The van der Waals surface area contributed by atoms with E-state index < -0.39 is 11.7 Å². The van der Waals surface area contributed by atoms with Gasteiger partial charge in [0.05, 0.1) is 38.6 Å². The average molecular weight is 426 g/mol. The summed E-state index contributed by atoms with van der Waals surface area (Å²) in [4.78, 5) is 23.1. The second-order valence-electron chi connectivity index (χ2n) is 5.64. The maximum absolute atomic E-state index is 12.3. The minimum Gasteiger partial charge on any atom is -0.507 e. The molecule has 0 aliphatic heterocycles. The summed E-state index contributed by atoms with van der Waals surface area (Å²) < 4.78 is 21.2. The van der Waals surface area contributed by atoms with Crippen molar-refractivity contribution in [2.75, 3.05) is 33.3 Å². The van der Waals surface area contributed by atoms with Gasteiger partial charge >= 0.3 is 5.97 Å². The van der Waals surface area contributed by atoms with Crippen molar-refractivity contribution >= 4 is 29.7 Å². The number of phenolic OH excluding ortho intramolecular Hbond substituents is 2. The van der Waals surface area contributed by atoms with Gasteiger partial charge in [0.2, 0.25) is 6.41 Å². The lowest BCUT2D eigenvalue weighted by molar-refractivity contribution is -0.105. The molecule has 2 aromatic rings. The van der Waals surface area contributed by atoms with Crippen molar-refractivity contribution in [3.8, 4) is 28.7 Å². The van der Waals surface area contributed by atoms with E-state index in [1.165, 1.54) is 27.4 Å². The number of rotatable bonds is 9. The van der Waals surface area contributed by atoms with Gasteiger partial charge in [0.1, 0.15) is 22.8 Å². The summed E-state index contributed by atoms with van der Waals surface area (Å²) in [5.74, 6) is -0.639. The lowest BCUT2D eigenvalue weighted by Crippen LogP contribution is -2.11. The SMILES string of the molecule is COc1cc(NC=O)c(OC)c(CCOC(=O)c2cc(Cl)c(O)cc2O)c1OC. The summed E-state index contributed by atoms with van der Waals surface area (Å²) in [5, 5.41) is 21.7. The smallest absolute Gasteiger partial charge is 0.341 e. The van der Waals surface area contributed by atoms with E-state index in [1.54, 1.807) is 0 Å². The number of nitrogens with one attached hydrogen (secondary N) is 1. The molecule has 0 spiro atoms. The Morgan fingerprint density at radius 3 is 2.34 bits per heavy atom. The molecule has 0 radical (unpaired) electrons. The lowest BCUT2D eigenvalue weighted by atomic mass is 10.1. The topological polar surface area (TPSA) is 124 Å². The minimum absolute atomic E-state index is 0.101. The molecule has 0 unspecified atom stereocenters.